The van der Waals surface area contributed by atoms with E-state index in [1.165, 1.54) is 5.56 Å². The summed E-state index contributed by atoms with van der Waals surface area (Å²) in [4.78, 5) is 22.4. The van der Waals surface area contributed by atoms with Crippen LogP contribution in [0.25, 0.3) is 11.4 Å². The summed E-state index contributed by atoms with van der Waals surface area (Å²) in [6.07, 6.45) is 4.36. The second-order valence-corrected chi connectivity index (χ2v) is 8.06. The molecule has 0 fully saturated rings. The second-order valence-electron chi connectivity index (χ2n) is 7.11. The van der Waals surface area contributed by atoms with E-state index in [1.54, 1.807) is 23.7 Å². The number of carbonyl (C=O) groups is 1. The van der Waals surface area contributed by atoms with Crippen LogP contribution in [-0.2, 0) is 16.0 Å². The molecule has 0 aromatic carbocycles. The molecule has 0 bridgehead atoms. The third-order valence-electron chi connectivity index (χ3n) is 4.75. The molecule has 2 unspecified atom stereocenters. The van der Waals surface area contributed by atoms with Gasteiger partial charge in [-0.15, -0.1) is 11.3 Å². The number of fused-ring (bicyclic) bond motifs is 1. The highest BCUT2D eigenvalue weighted by atomic mass is 32.1. The van der Waals surface area contributed by atoms with Gasteiger partial charge in [-0.1, -0.05) is 19.0 Å². The lowest BCUT2D eigenvalue weighted by atomic mass is 10.0. The van der Waals surface area contributed by atoms with E-state index in [9.17, 15) is 4.79 Å². The van der Waals surface area contributed by atoms with Crippen LogP contribution < -0.4 is 5.32 Å². The summed E-state index contributed by atoms with van der Waals surface area (Å²) in [5, 5.41) is 9.13. The number of ether oxygens (including phenoxy) is 1. The number of thiophene rings is 1. The molecule has 2 atom stereocenters. The predicted octanol–water partition coefficient (Wildman–Crippen LogP) is 3.71. The molecule has 0 aliphatic carbocycles. The minimum Gasteiger partial charge on any atom is -0.372 e. The molecule has 146 valence electrons. The Labute approximate surface area is 167 Å². The molecular formula is C20H22N4O3S. The molecule has 4 heterocycles. The van der Waals surface area contributed by atoms with Gasteiger partial charge in [-0.05, 0) is 41.5 Å². The van der Waals surface area contributed by atoms with Gasteiger partial charge >= 0.3 is 0 Å². The van der Waals surface area contributed by atoms with E-state index >= 15 is 0 Å². The van der Waals surface area contributed by atoms with Gasteiger partial charge in [0.1, 0.15) is 12.1 Å². The van der Waals surface area contributed by atoms with E-state index in [-0.39, 0.29) is 30.4 Å². The highest BCUT2D eigenvalue weighted by molar-refractivity contribution is 7.10. The zero-order chi connectivity index (χ0) is 19.5. The van der Waals surface area contributed by atoms with Crippen molar-refractivity contribution in [1.82, 2.24) is 20.4 Å². The summed E-state index contributed by atoms with van der Waals surface area (Å²) >= 11 is 1.65. The van der Waals surface area contributed by atoms with Gasteiger partial charge in [0, 0.05) is 22.8 Å². The maximum atomic E-state index is 12.7. The Hall–Kier alpha value is -2.58. The van der Waals surface area contributed by atoms with E-state index in [2.05, 4.69) is 31.9 Å². The molecule has 0 saturated carbocycles. The quantitative estimate of drug-likeness (QED) is 0.681. The van der Waals surface area contributed by atoms with Crippen LogP contribution in [0.15, 0.2) is 40.5 Å². The van der Waals surface area contributed by atoms with Crippen molar-refractivity contribution in [1.29, 1.82) is 0 Å². The van der Waals surface area contributed by atoms with Crippen LogP contribution in [0.3, 0.4) is 0 Å². The van der Waals surface area contributed by atoms with E-state index in [0.717, 1.165) is 16.9 Å². The lowest BCUT2D eigenvalue weighted by Crippen LogP contribution is -2.33. The number of nitrogens with zero attached hydrogens (tertiary/aromatic N) is 3. The van der Waals surface area contributed by atoms with Crippen molar-refractivity contribution in [2.24, 2.45) is 5.92 Å². The lowest BCUT2D eigenvalue weighted by molar-refractivity contribution is -0.125. The highest BCUT2D eigenvalue weighted by Gasteiger charge is 2.29. The number of hydrogen-bond donors (Lipinski definition) is 1. The van der Waals surface area contributed by atoms with Crippen molar-refractivity contribution in [2.45, 2.75) is 38.8 Å². The van der Waals surface area contributed by atoms with Gasteiger partial charge < -0.3 is 14.6 Å². The SMILES string of the molecule is CC(C)C(NC(=O)CC1OCCc2ccsc21)c1nc(-c2cccnc2)no1. The average molecular weight is 398 g/mol. The van der Waals surface area contributed by atoms with Gasteiger partial charge in [-0.2, -0.15) is 4.98 Å². The molecule has 8 heteroatoms. The third kappa shape index (κ3) is 3.98. The molecule has 28 heavy (non-hydrogen) atoms. The molecule has 1 aliphatic rings. The van der Waals surface area contributed by atoms with Crippen LogP contribution in [0.4, 0.5) is 0 Å². The summed E-state index contributed by atoms with van der Waals surface area (Å²) in [5.74, 6) is 0.854. The van der Waals surface area contributed by atoms with E-state index in [4.69, 9.17) is 9.26 Å². The fraction of sp³-hybridized carbons (Fsp3) is 0.400. The number of rotatable bonds is 6. The molecule has 4 rings (SSSR count). The van der Waals surface area contributed by atoms with Crippen molar-refractivity contribution >= 4 is 17.2 Å². The Morgan fingerprint density at radius 3 is 3.07 bits per heavy atom. The number of nitrogens with one attached hydrogen (secondary N) is 1. The largest absolute Gasteiger partial charge is 0.372 e. The summed E-state index contributed by atoms with van der Waals surface area (Å²) in [5.41, 5.74) is 2.06. The zero-order valence-electron chi connectivity index (χ0n) is 15.8. The Morgan fingerprint density at radius 1 is 1.39 bits per heavy atom. The monoisotopic (exact) mass is 398 g/mol. The smallest absolute Gasteiger partial charge is 0.249 e. The van der Waals surface area contributed by atoms with Gasteiger partial charge in [-0.25, -0.2) is 0 Å². The first-order valence-corrected chi connectivity index (χ1v) is 10.2. The molecule has 0 spiro atoms. The van der Waals surface area contributed by atoms with E-state index < -0.39 is 0 Å². The normalized spacial score (nSPS) is 17.3. The fourth-order valence-corrected chi connectivity index (χ4v) is 4.27. The molecule has 1 amide bonds. The maximum absolute atomic E-state index is 12.7. The molecule has 3 aromatic rings. The van der Waals surface area contributed by atoms with Gasteiger partial charge in [-0.3, -0.25) is 9.78 Å². The Balaban J connectivity index is 1.46. The molecule has 1 N–H and O–H groups in total. The first kappa shape index (κ1) is 18.8. The minimum absolute atomic E-state index is 0.0916. The van der Waals surface area contributed by atoms with Crippen molar-refractivity contribution in [3.63, 3.8) is 0 Å². The van der Waals surface area contributed by atoms with Crippen LogP contribution >= 0.6 is 11.3 Å². The summed E-state index contributed by atoms with van der Waals surface area (Å²) in [6, 6.07) is 5.43. The van der Waals surface area contributed by atoms with E-state index in [0.29, 0.717) is 18.3 Å². The summed E-state index contributed by atoms with van der Waals surface area (Å²) < 4.78 is 11.3. The molecule has 3 aromatic heterocycles. The lowest BCUT2D eigenvalue weighted by Gasteiger charge is -2.24. The number of aromatic nitrogens is 3. The van der Waals surface area contributed by atoms with Crippen molar-refractivity contribution in [2.75, 3.05) is 6.61 Å². The highest BCUT2D eigenvalue weighted by Crippen LogP contribution is 2.34. The zero-order valence-corrected chi connectivity index (χ0v) is 16.6. The summed E-state index contributed by atoms with van der Waals surface area (Å²) in [7, 11) is 0. The average Bonchev–Trinajstić information content (AvgIpc) is 3.37. The van der Waals surface area contributed by atoms with Crippen molar-refractivity contribution in [3.05, 3.63) is 52.3 Å². The second kappa shape index (κ2) is 8.20. The molecule has 0 radical (unpaired) electrons. The van der Waals surface area contributed by atoms with E-state index in [1.807, 2.05) is 26.0 Å². The Kier molecular flexibility index (Phi) is 5.50. The number of pyridine rings is 1. The van der Waals surface area contributed by atoms with Crippen LogP contribution in [0, 0.1) is 5.92 Å². The van der Waals surface area contributed by atoms with Crippen molar-refractivity contribution in [3.8, 4) is 11.4 Å². The molecule has 7 nitrogen and oxygen atoms in total. The van der Waals surface area contributed by atoms with Gasteiger partial charge in [0.05, 0.1) is 13.0 Å². The maximum Gasteiger partial charge on any atom is 0.249 e. The topological polar surface area (TPSA) is 90.1 Å². The van der Waals surface area contributed by atoms with Gasteiger partial charge in [0.15, 0.2) is 0 Å². The Morgan fingerprint density at radius 2 is 2.29 bits per heavy atom. The molecular weight excluding hydrogens is 376 g/mol. The van der Waals surface area contributed by atoms with Crippen LogP contribution in [0.5, 0.6) is 0 Å². The summed E-state index contributed by atoms with van der Waals surface area (Å²) in [6.45, 7) is 4.66. The number of amides is 1. The Bertz CT molecular complexity index is 938. The first-order valence-electron chi connectivity index (χ1n) is 9.33. The first-order chi connectivity index (χ1) is 13.6. The van der Waals surface area contributed by atoms with Crippen LogP contribution in [-0.4, -0.2) is 27.6 Å². The molecule has 1 aliphatic heterocycles. The van der Waals surface area contributed by atoms with Gasteiger partial charge in [0.2, 0.25) is 17.6 Å². The predicted molar refractivity (Wildman–Crippen MR) is 105 cm³/mol. The fourth-order valence-electron chi connectivity index (χ4n) is 3.26. The van der Waals surface area contributed by atoms with Gasteiger partial charge in [0.25, 0.3) is 0 Å². The molecule has 0 saturated heterocycles. The number of carbonyl (C=O) groups excluding carboxylic acids is 1. The number of hydrogen-bond acceptors (Lipinski definition) is 7. The minimum atomic E-state index is -0.364. The van der Waals surface area contributed by atoms with Crippen molar-refractivity contribution < 1.29 is 14.1 Å². The van der Waals surface area contributed by atoms with Crippen LogP contribution in [0.2, 0.25) is 0 Å². The third-order valence-corrected chi connectivity index (χ3v) is 5.80. The standard InChI is InChI=1S/C20H22N4O3S/c1-12(2)17(20-23-19(24-27-20)14-4-3-7-21-11-14)22-16(25)10-15-18-13(5-8-26-15)6-9-28-18/h3-4,6-7,9,11-12,15,17H,5,8,10H2,1-2H3,(H,22,25). The van der Waals surface area contributed by atoms with Crippen LogP contribution in [0.1, 0.15) is 48.7 Å².